The SMILES string of the molecule is CCCC1CCN(C(=O)c2cc([N+](=O)[O-])ccc2NC)C1. The summed E-state index contributed by atoms with van der Waals surface area (Å²) in [6.07, 6.45) is 3.26. The van der Waals surface area contributed by atoms with Crippen molar-refractivity contribution in [2.24, 2.45) is 5.92 Å². The first-order valence-corrected chi connectivity index (χ1v) is 7.32. The number of non-ortho nitro benzene ring substituents is 1. The fourth-order valence-electron chi connectivity index (χ4n) is 2.87. The maximum atomic E-state index is 12.6. The van der Waals surface area contributed by atoms with Crippen LogP contribution in [0.15, 0.2) is 18.2 Å². The molecule has 0 spiro atoms. The number of nitro groups is 1. The van der Waals surface area contributed by atoms with Crippen LogP contribution in [0.25, 0.3) is 0 Å². The molecule has 6 heteroatoms. The molecule has 0 saturated carbocycles. The maximum absolute atomic E-state index is 12.6. The minimum atomic E-state index is -0.472. The van der Waals surface area contributed by atoms with Gasteiger partial charge in [-0.05, 0) is 24.8 Å². The summed E-state index contributed by atoms with van der Waals surface area (Å²) in [6, 6.07) is 4.36. The van der Waals surface area contributed by atoms with Gasteiger partial charge in [0.2, 0.25) is 0 Å². The lowest BCUT2D eigenvalue weighted by Crippen LogP contribution is -2.29. The van der Waals surface area contributed by atoms with Gasteiger partial charge in [-0.3, -0.25) is 14.9 Å². The Morgan fingerprint density at radius 2 is 2.29 bits per heavy atom. The predicted molar refractivity (Wildman–Crippen MR) is 81.6 cm³/mol. The van der Waals surface area contributed by atoms with Gasteiger partial charge in [0.1, 0.15) is 0 Å². The summed E-state index contributed by atoms with van der Waals surface area (Å²) in [5, 5.41) is 13.8. The van der Waals surface area contributed by atoms with Crippen LogP contribution in [0.4, 0.5) is 11.4 Å². The zero-order valence-corrected chi connectivity index (χ0v) is 12.5. The first-order chi connectivity index (χ1) is 10.1. The van der Waals surface area contributed by atoms with Crippen molar-refractivity contribution in [1.29, 1.82) is 0 Å². The molecule has 1 saturated heterocycles. The van der Waals surface area contributed by atoms with Crippen LogP contribution >= 0.6 is 0 Å². The fourth-order valence-corrected chi connectivity index (χ4v) is 2.87. The van der Waals surface area contributed by atoms with Crippen molar-refractivity contribution >= 4 is 17.3 Å². The van der Waals surface area contributed by atoms with Crippen LogP contribution in [0.5, 0.6) is 0 Å². The van der Waals surface area contributed by atoms with Crippen molar-refractivity contribution < 1.29 is 9.72 Å². The normalized spacial score (nSPS) is 17.8. The monoisotopic (exact) mass is 291 g/mol. The van der Waals surface area contributed by atoms with Gasteiger partial charge in [-0.2, -0.15) is 0 Å². The van der Waals surface area contributed by atoms with Crippen molar-refractivity contribution in [3.63, 3.8) is 0 Å². The number of rotatable bonds is 5. The first-order valence-electron chi connectivity index (χ1n) is 7.32. The number of nitrogens with one attached hydrogen (secondary N) is 1. The molecule has 1 N–H and O–H groups in total. The highest BCUT2D eigenvalue weighted by molar-refractivity contribution is 6.00. The molecule has 1 heterocycles. The van der Waals surface area contributed by atoms with Crippen LogP contribution in [0.3, 0.4) is 0 Å². The van der Waals surface area contributed by atoms with Gasteiger partial charge < -0.3 is 10.2 Å². The molecule has 1 fully saturated rings. The van der Waals surface area contributed by atoms with E-state index in [2.05, 4.69) is 12.2 Å². The molecule has 2 rings (SSSR count). The average Bonchev–Trinajstić information content (AvgIpc) is 2.94. The van der Waals surface area contributed by atoms with Gasteiger partial charge in [0.05, 0.1) is 10.5 Å². The Labute approximate surface area is 124 Å². The molecule has 1 aromatic carbocycles. The van der Waals surface area contributed by atoms with Crippen molar-refractivity contribution in [3.05, 3.63) is 33.9 Å². The van der Waals surface area contributed by atoms with E-state index in [1.54, 1.807) is 18.0 Å². The van der Waals surface area contributed by atoms with E-state index in [4.69, 9.17) is 0 Å². The first kappa shape index (κ1) is 15.3. The third-order valence-electron chi connectivity index (χ3n) is 3.98. The second-order valence-electron chi connectivity index (χ2n) is 5.43. The number of likely N-dealkylation sites (tertiary alicyclic amines) is 1. The van der Waals surface area contributed by atoms with Crippen LogP contribution in [0.2, 0.25) is 0 Å². The Balaban J connectivity index is 2.22. The minimum Gasteiger partial charge on any atom is -0.387 e. The number of nitro benzene ring substituents is 1. The van der Waals surface area contributed by atoms with Crippen LogP contribution < -0.4 is 5.32 Å². The molecular weight excluding hydrogens is 270 g/mol. The fraction of sp³-hybridized carbons (Fsp3) is 0.533. The summed E-state index contributed by atoms with van der Waals surface area (Å²) in [4.78, 5) is 24.8. The van der Waals surface area contributed by atoms with E-state index >= 15 is 0 Å². The smallest absolute Gasteiger partial charge is 0.270 e. The van der Waals surface area contributed by atoms with Gasteiger partial charge in [-0.1, -0.05) is 13.3 Å². The van der Waals surface area contributed by atoms with E-state index in [0.717, 1.165) is 32.4 Å². The zero-order valence-electron chi connectivity index (χ0n) is 12.5. The number of carbonyl (C=O) groups excluding carboxylic acids is 1. The highest BCUT2D eigenvalue weighted by Crippen LogP contribution is 2.27. The summed E-state index contributed by atoms with van der Waals surface area (Å²) in [5.74, 6) is 0.428. The zero-order chi connectivity index (χ0) is 15.4. The number of hydrogen-bond acceptors (Lipinski definition) is 4. The third-order valence-corrected chi connectivity index (χ3v) is 3.98. The Morgan fingerprint density at radius 1 is 1.52 bits per heavy atom. The van der Waals surface area contributed by atoms with Gasteiger partial charge >= 0.3 is 0 Å². The molecule has 1 aromatic rings. The Kier molecular flexibility index (Phi) is 4.77. The summed E-state index contributed by atoms with van der Waals surface area (Å²) in [7, 11) is 1.71. The molecule has 1 amide bonds. The summed E-state index contributed by atoms with van der Waals surface area (Å²) in [5.41, 5.74) is 0.954. The molecule has 1 atom stereocenters. The molecular formula is C15H21N3O3. The number of anilines is 1. The third kappa shape index (κ3) is 3.32. The van der Waals surface area contributed by atoms with Crippen molar-refractivity contribution in [3.8, 4) is 0 Å². The lowest BCUT2D eigenvalue weighted by molar-refractivity contribution is -0.384. The quantitative estimate of drug-likeness (QED) is 0.668. The topological polar surface area (TPSA) is 75.5 Å². The van der Waals surface area contributed by atoms with Gasteiger partial charge in [-0.15, -0.1) is 0 Å². The second-order valence-corrected chi connectivity index (χ2v) is 5.43. The Hall–Kier alpha value is -2.11. The molecule has 21 heavy (non-hydrogen) atoms. The molecule has 0 aliphatic carbocycles. The molecule has 6 nitrogen and oxygen atoms in total. The standard InChI is InChI=1S/C15H21N3O3/c1-3-4-11-7-8-17(10-11)15(19)13-9-12(18(20)21)5-6-14(13)16-2/h5-6,9,11,16H,3-4,7-8,10H2,1-2H3. The molecule has 1 unspecified atom stereocenters. The molecule has 1 aliphatic heterocycles. The van der Waals surface area contributed by atoms with Crippen molar-refractivity contribution in [1.82, 2.24) is 4.90 Å². The largest absolute Gasteiger partial charge is 0.387 e. The van der Waals surface area contributed by atoms with Gasteiger partial charge in [0.25, 0.3) is 11.6 Å². The van der Waals surface area contributed by atoms with E-state index in [0.29, 0.717) is 17.2 Å². The minimum absolute atomic E-state index is 0.0540. The van der Waals surface area contributed by atoms with Crippen LogP contribution in [0.1, 0.15) is 36.5 Å². The number of amides is 1. The van der Waals surface area contributed by atoms with E-state index in [1.807, 2.05) is 0 Å². The van der Waals surface area contributed by atoms with E-state index in [1.165, 1.54) is 12.1 Å². The number of carbonyl (C=O) groups is 1. The van der Waals surface area contributed by atoms with Crippen LogP contribution in [0, 0.1) is 16.0 Å². The van der Waals surface area contributed by atoms with E-state index in [-0.39, 0.29) is 11.6 Å². The van der Waals surface area contributed by atoms with Crippen LogP contribution in [-0.4, -0.2) is 35.9 Å². The van der Waals surface area contributed by atoms with Crippen molar-refractivity contribution in [2.45, 2.75) is 26.2 Å². The molecule has 114 valence electrons. The maximum Gasteiger partial charge on any atom is 0.270 e. The van der Waals surface area contributed by atoms with Gasteiger partial charge in [0, 0.05) is 38.0 Å². The van der Waals surface area contributed by atoms with E-state index in [9.17, 15) is 14.9 Å². The van der Waals surface area contributed by atoms with E-state index < -0.39 is 4.92 Å². The highest BCUT2D eigenvalue weighted by Gasteiger charge is 2.28. The second kappa shape index (κ2) is 6.56. The molecule has 0 bridgehead atoms. The van der Waals surface area contributed by atoms with Crippen LogP contribution in [-0.2, 0) is 0 Å². The molecule has 0 radical (unpaired) electrons. The van der Waals surface area contributed by atoms with Crippen molar-refractivity contribution in [2.75, 3.05) is 25.5 Å². The van der Waals surface area contributed by atoms with Gasteiger partial charge in [-0.25, -0.2) is 0 Å². The van der Waals surface area contributed by atoms with Gasteiger partial charge in [0.15, 0.2) is 0 Å². The molecule has 0 aromatic heterocycles. The predicted octanol–water partition coefficient (Wildman–Crippen LogP) is 2.90. The summed E-state index contributed by atoms with van der Waals surface area (Å²) < 4.78 is 0. The Morgan fingerprint density at radius 3 is 2.90 bits per heavy atom. The number of benzene rings is 1. The number of hydrogen-bond donors (Lipinski definition) is 1. The lowest BCUT2D eigenvalue weighted by Gasteiger charge is -2.18. The molecule has 1 aliphatic rings. The average molecular weight is 291 g/mol. The summed E-state index contributed by atoms with van der Waals surface area (Å²) >= 11 is 0. The lowest BCUT2D eigenvalue weighted by atomic mass is 10.0. The summed E-state index contributed by atoms with van der Waals surface area (Å²) in [6.45, 7) is 3.62. The highest BCUT2D eigenvalue weighted by atomic mass is 16.6. The Bertz CT molecular complexity index is 545. The number of nitrogens with zero attached hydrogens (tertiary/aromatic N) is 2.